The molecule has 1 saturated heterocycles. The van der Waals surface area contributed by atoms with Gasteiger partial charge in [0.2, 0.25) is 0 Å². The van der Waals surface area contributed by atoms with Crippen molar-refractivity contribution < 1.29 is 19.0 Å². The molecule has 26 heavy (non-hydrogen) atoms. The molecule has 0 bridgehead atoms. The lowest BCUT2D eigenvalue weighted by molar-refractivity contribution is -0.0135. The molecule has 7 heteroatoms. The summed E-state index contributed by atoms with van der Waals surface area (Å²) in [7, 11) is 3.13. The Balaban J connectivity index is 1.70. The molecule has 1 aliphatic rings. The lowest BCUT2D eigenvalue weighted by Crippen LogP contribution is -2.44. The molecule has 1 aliphatic heterocycles. The van der Waals surface area contributed by atoms with Crippen molar-refractivity contribution in [2.45, 2.75) is 6.10 Å². The third kappa shape index (κ3) is 4.20. The van der Waals surface area contributed by atoms with E-state index in [0.29, 0.717) is 41.9 Å². The van der Waals surface area contributed by atoms with Crippen molar-refractivity contribution >= 4 is 23.3 Å². The van der Waals surface area contributed by atoms with E-state index < -0.39 is 0 Å². The number of benzene rings is 2. The minimum Gasteiger partial charge on any atom is -0.497 e. The van der Waals surface area contributed by atoms with Gasteiger partial charge >= 0.3 is 6.03 Å². The lowest BCUT2D eigenvalue weighted by Gasteiger charge is -2.33. The van der Waals surface area contributed by atoms with Gasteiger partial charge in [0, 0.05) is 17.6 Å². The lowest BCUT2D eigenvalue weighted by atomic mass is 10.1. The average Bonchev–Trinajstić information content (AvgIpc) is 2.68. The average molecular weight is 377 g/mol. The fourth-order valence-electron chi connectivity index (χ4n) is 2.82. The Kier molecular flexibility index (Phi) is 5.85. The minimum atomic E-state index is -0.209. The van der Waals surface area contributed by atoms with Gasteiger partial charge in [-0.15, -0.1) is 0 Å². The zero-order valence-corrected chi connectivity index (χ0v) is 15.5. The molecule has 0 spiro atoms. The molecule has 1 unspecified atom stereocenters. The van der Waals surface area contributed by atoms with Gasteiger partial charge in [0.05, 0.1) is 33.1 Å². The molecule has 0 saturated carbocycles. The predicted molar refractivity (Wildman–Crippen MR) is 100 cm³/mol. The van der Waals surface area contributed by atoms with Crippen LogP contribution < -0.4 is 14.8 Å². The van der Waals surface area contributed by atoms with Gasteiger partial charge in [-0.25, -0.2) is 4.79 Å². The third-order valence-electron chi connectivity index (χ3n) is 4.24. The van der Waals surface area contributed by atoms with Crippen LogP contribution in [0.1, 0.15) is 11.7 Å². The molecule has 2 aromatic rings. The molecule has 1 N–H and O–H groups in total. The molecular weight excluding hydrogens is 356 g/mol. The first-order chi connectivity index (χ1) is 12.6. The van der Waals surface area contributed by atoms with Crippen LogP contribution in [0, 0.1) is 0 Å². The highest BCUT2D eigenvalue weighted by Crippen LogP contribution is 2.30. The Morgan fingerprint density at radius 2 is 1.96 bits per heavy atom. The van der Waals surface area contributed by atoms with Crippen LogP contribution in [-0.4, -0.2) is 44.8 Å². The number of amides is 2. The van der Waals surface area contributed by atoms with Gasteiger partial charge < -0.3 is 24.4 Å². The van der Waals surface area contributed by atoms with E-state index in [1.165, 1.54) is 0 Å². The maximum absolute atomic E-state index is 12.7. The van der Waals surface area contributed by atoms with E-state index in [9.17, 15) is 4.79 Å². The Morgan fingerprint density at radius 3 is 2.65 bits per heavy atom. The summed E-state index contributed by atoms with van der Waals surface area (Å²) in [5.41, 5.74) is 1.55. The van der Waals surface area contributed by atoms with Gasteiger partial charge in [0.15, 0.2) is 0 Å². The second-order valence-corrected chi connectivity index (χ2v) is 6.29. The maximum Gasteiger partial charge on any atom is 0.322 e. The van der Waals surface area contributed by atoms with E-state index in [2.05, 4.69) is 5.32 Å². The molecule has 1 fully saturated rings. The predicted octanol–water partition coefficient (Wildman–Crippen LogP) is 3.96. The molecule has 2 aromatic carbocycles. The monoisotopic (exact) mass is 376 g/mol. The van der Waals surface area contributed by atoms with Crippen LogP contribution in [0.4, 0.5) is 10.5 Å². The Hall–Kier alpha value is -2.44. The van der Waals surface area contributed by atoms with Crippen LogP contribution in [0.2, 0.25) is 5.02 Å². The van der Waals surface area contributed by atoms with Gasteiger partial charge in [-0.3, -0.25) is 0 Å². The molecule has 0 radical (unpaired) electrons. The molecular formula is C19H21ClN2O4. The first kappa shape index (κ1) is 18.4. The Labute approximate surface area is 157 Å². The number of halogens is 1. The summed E-state index contributed by atoms with van der Waals surface area (Å²) in [4.78, 5) is 14.4. The van der Waals surface area contributed by atoms with Crippen LogP contribution in [0.5, 0.6) is 11.5 Å². The number of nitrogens with one attached hydrogen (secondary N) is 1. The third-order valence-corrected chi connectivity index (χ3v) is 4.50. The van der Waals surface area contributed by atoms with E-state index in [1.54, 1.807) is 37.3 Å². The quantitative estimate of drug-likeness (QED) is 0.877. The second kappa shape index (κ2) is 8.29. The number of morpholine rings is 1. The number of hydrogen-bond donors (Lipinski definition) is 1. The zero-order chi connectivity index (χ0) is 18.5. The van der Waals surface area contributed by atoms with Gasteiger partial charge in [0.1, 0.15) is 17.6 Å². The summed E-state index contributed by atoms with van der Waals surface area (Å²) in [6.07, 6.45) is -0.182. The SMILES string of the molecule is COc1ccc(OC)c(NC(=O)N2CCOC(c3ccc(Cl)cc3)C2)c1. The summed E-state index contributed by atoms with van der Waals surface area (Å²) < 4.78 is 16.3. The molecule has 0 aromatic heterocycles. The summed E-state index contributed by atoms with van der Waals surface area (Å²) >= 11 is 5.94. The van der Waals surface area contributed by atoms with Crippen molar-refractivity contribution in [3.8, 4) is 11.5 Å². The maximum atomic E-state index is 12.7. The number of carbonyl (C=O) groups is 1. The Bertz CT molecular complexity index is 767. The van der Waals surface area contributed by atoms with E-state index in [0.717, 1.165) is 5.56 Å². The van der Waals surface area contributed by atoms with Crippen molar-refractivity contribution in [1.29, 1.82) is 0 Å². The highest BCUT2D eigenvalue weighted by atomic mass is 35.5. The second-order valence-electron chi connectivity index (χ2n) is 5.85. The number of rotatable bonds is 4. The van der Waals surface area contributed by atoms with Gasteiger partial charge in [0.25, 0.3) is 0 Å². The standard InChI is InChI=1S/C19H21ClN2O4/c1-24-15-7-8-17(25-2)16(11-15)21-19(23)22-9-10-26-18(12-22)13-3-5-14(20)6-4-13/h3-8,11,18H,9-10,12H2,1-2H3,(H,21,23). The minimum absolute atomic E-state index is 0.182. The van der Waals surface area contributed by atoms with Crippen molar-refractivity contribution in [3.05, 3.63) is 53.1 Å². The van der Waals surface area contributed by atoms with Gasteiger partial charge in [-0.05, 0) is 29.8 Å². The molecule has 138 valence electrons. The van der Waals surface area contributed by atoms with Crippen LogP contribution in [-0.2, 0) is 4.74 Å². The largest absolute Gasteiger partial charge is 0.497 e. The van der Waals surface area contributed by atoms with Crippen molar-refractivity contribution in [1.82, 2.24) is 4.90 Å². The van der Waals surface area contributed by atoms with Crippen molar-refractivity contribution in [2.75, 3.05) is 39.2 Å². The number of carbonyl (C=O) groups excluding carboxylic acids is 1. The number of nitrogens with zero attached hydrogens (tertiary/aromatic N) is 1. The van der Waals surface area contributed by atoms with E-state index in [-0.39, 0.29) is 12.1 Å². The van der Waals surface area contributed by atoms with Gasteiger partial charge in [-0.2, -0.15) is 0 Å². The highest BCUT2D eigenvalue weighted by Gasteiger charge is 2.26. The van der Waals surface area contributed by atoms with E-state index in [4.69, 9.17) is 25.8 Å². The number of ether oxygens (including phenoxy) is 3. The van der Waals surface area contributed by atoms with E-state index in [1.807, 2.05) is 24.3 Å². The van der Waals surface area contributed by atoms with Crippen molar-refractivity contribution in [2.24, 2.45) is 0 Å². The number of methoxy groups -OCH3 is 2. The number of urea groups is 1. The molecule has 0 aliphatic carbocycles. The smallest absolute Gasteiger partial charge is 0.322 e. The topological polar surface area (TPSA) is 60.0 Å². The molecule has 1 atom stereocenters. The molecule has 2 amide bonds. The molecule has 3 rings (SSSR count). The van der Waals surface area contributed by atoms with Crippen LogP contribution in [0.15, 0.2) is 42.5 Å². The fourth-order valence-corrected chi connectivity index (χ4v) is 2.94. The van der Waals surface area contributed by atoms with Gasteiger partial charge in [-0.1, -0.05) is 23.7 Å². The van der Waals surface area contributed by atoms with E-state index >= 15 is 0 Å². The summed E-state index contributed by atoms with van der Waals surface area (Å²) in [5.74, 6) is 1.21. The first-order valence-electron chi connectivity index (χ1n) is 8.25. The molecule has 6 nitrogen and oxygen atoms in total. The summed E-state index contributed by atoms with van der Waals surface area (Å²) in [6.45, 7) is 1.44. The highest BCUT2D eigenvalue weighted by molar-refractivity contribution is 6.30. The number of hydrogen-bond acceptors (Lipinski definition) is 4. The summed E-state index contributed by atoms with van der Waals surface area (Å²) in [5, 5.41) is 3.56. The number of anilines is 1. The zero-order valence-electron chi connectivity index (χ0n) is 14.7. The normalized spacial score (nSPS) is 16.9. The Morgan fingerprint density at radius 1 is 1.19 bits per heavy atom. The molecule has 1 heterocycles. The van der Waals surface area contributed by atoms with Crippen molar-refractivity contribution in [3.63, 3.8) is 0 Å². The van der Waals surface area contributed by atoms with Crippen LogP contribution >= 0.6 is 11.6 Å². The first-order valence-corrected chi connectivity index (χ1v) is 8.63. The fraction of sp³-hybridized carbons (Fsp3) is 0.316. The van der Waals surface area contributed by atoms with Crippen LogP contribution in [0.3, 0.4) is 0 Å². The summed E-state index contributed by atoms with van der Waals surface area (Å²) in [6, 6.07) is 12.5. The van der Waals surface area contributed by atoms with Crippen LogP contribution in [0.25, 0.3) is 0 Å².